The van der Waals surface area contributed by atoms with Crippen LogP contribution in [0.2, 0.25) is 0 Å². The van der Waals surface area contributed by atoms with Crippen LogP contribution >= 0.6 is 0 Å². The minimum absolute atomic E-state index is 0.0197. The molecule has 2 N–H and O–H groups in total. The second-order valence-corrected chi connectivity index (χ2v) is 7.02. The third kappa shape index (κ3) is 3.93. The van der Waals surface area contributed by atoms with Crippen LogP contribution in [-0.4, -0.2) is 41.7 Å². The fourth-order valence-electron chi connectivity index (χ4n) is 3.87. The number of nitrogens with zero attached hydrogens (tertiary/aromatic N) is 1. The Labute approximate surface area is 138 Å². The summed E-state index contributed by atoms with van der Waals surface area (Å²) in [4.78, 5) is 14.8. The van der Waals surface area contributed by atoms with Gasteiger partial charge in [0.15, 0.2) is 0 Å². The van der Waals surface area contributed by atoms with E-state index >= 15 is 0 Å². The summed E-state index contributed by atoms with van der Waals surface area (Å²) in [7, 11) is 0. The van der Waals surface area contributed by atoms with Crippen molar-refractivity contribution in [3.8, 4) is 0 Å². The molecule has 1 aliphatic heterocycles. The number of benzene rings is 1. The fourth-order valence-corrected chi connectivity index (χ4v) is 3.87. The first-order valence-electron chi connectivity index (χ1n) is 8.91. The van der Waals surface area contributed by atoms with Crippen molar-refractivity contribution in [1.29, 1.82) is 0 Å². The highest BCUT2D eigenvalue weighted by Crippen LogP contribution is 2.27. The lowest BCUT2D eigenvalue weighted by molar-refractivity contribution is -0.127. The van der Waals surface area contributed by atoms with E-state index in [1.807, 2.05) is 0 Å². The zero-order valence-corrected chi connectivity index (χ0v) is 14.0. The summed E-state index contributed by atoms with van der Waals surface area (Å²) in [5.41, 5.74) is 2.52. The van der Waals surface area contributed by atoms with E-state index in [0.717, 1.165) is 32.4 Å². The second-order valence-electron chi connectivity index (χ2n) is 7.02. The van der Waals surface area contributed by atoms with Crippen molar-refractivity contribution in [3.63, 3.8) is 0 Å². The topological polar surface area (TPSA) is 52.6 Å². The third-order valence-electron chi connectivity index (χ3n) is 5.33. The van der Waals surface area contributed by atoms with Crippen LogP contribution in [0, 0.1) is 12.8 Å². The second kappa shape index (κ2) is 7.45. The summed E-state index contributed by atoms with van der Waals surface area (Å²) < 4.78 is 0. The monoisotopic (exact) mass is 316 g/mol. The van der Waals surface area contributed by atoms with Gasteiger partial charge in [-0.15, -0.1) is 0 Å². The first kappa shape index (κ1) is 16.5. The first-order chi connectivity index (χ1) is 11.1. The average Bonchev–Trinajstić information content (AvgIpc) is 3.20. The highest BCUT2D eigenvalue weighted by Gasteiger charge is 2.32. The van der Waals surface area contributed by atoms with Gasteiger partial charge in [0.05, 0.1) is 18.1 Å². The molecule has 2 fully saturated rings. The fraction of sp³-hybridized carbons (Fsp3) is 0.632. The van der Waals surface area contributed by atoms with Crippen molar-refractivity contribution in [2.45, 2.75) is 51.2 Å². The summed E-state index contributed by atoms with van der Waals surface area (Å²) in [6.45, 7) is 4.92. The van der Waals surface area contributed by atoms with Gasteiger partial charge in [-0.2, -0.15) is 0 Å². The van der Waals surface area contributed by atoms with E-state index in [1.54, 1.807) is 0 Å². The van der Waals surface area contributed by atoms with E-state index in [4.69, 9.17) is 0 Å². The maximum Gasteiger partial charge on any atom is 0.225 e. The van der Waals surface area contributed by atoms with Crippen molar-refractivity contribution in [3.05, 3.63) is 35.4 Å². The molecule has 0 spiro atoms. The van der Waals surface area contributed by atoms with Crippen LogP contribution in [0.4, 0.5) is 0 Å². The van der Waals surface area contributed by atoms with Gasteiger partial charge in [0.2, 0.25) is 5.91 Å². The third-order valence-corrected chi connectivity index (χ3v) is 5.33. The minimum Gasteiger partial charge on any atom is -0.392 e. The zero-order chi connectivity index (χ0) is 16.2. The number of carbonyl (C=O) groups excluding carboxylic acids is 1. The molecule has 1 saturated heterocycles. The van der Waals surface area contributed by atoms with Crippen molar-refractivity contribution in [2.24, 2.45) is 5.92 Å². The van der Waals surface area contributed by atoms with Gasteiger partial charge < -0.3 is 10.4 Å². The zero-order valence-electron chi connectivity index (χ0n) is 14.0. The predicted octanol–water partition coefficient (Wildman–Crippen LogP) is 2.41. The van der Waals surface area contributed by atoms with Gasteiger partial charge in [-0.25, -0.2) is 0 Å². The van der Waals surface area contributed by atoms with Crippen LogP contribution < -0.4 is 5.32 Å². The molecule has 2 aliphatic rings. The quantitative estimate of drug-likeness (QED) is 0.877. The largest absolute Gasteiger partial charge is 0.392 e. The van der Waals surface area contributed by atoms with Crippen molar-refractivity contribution in [1.82, 2.24) is 10.2 Å². The molecular weight excluding hydrogens is 288 g/mol. The Bertz CT molecular complexity index is 523. The maximum atomic E-state index is 12.4. The smallest absolute Gasteiger partial charge is 0.225 e. The Morgan fingerprint density at radius 3 is 2.52 bits per heavy atom. The van der Waals surface area contributed by atoms with Crippen LogP contribution in [0.1, 0.15) is 49.3 Å². The van der Waals surface area contributed by atoms with Gasteiger partial charge >= 0.3 is 0 Å². The summed E-state index contributed by atoms with van der Waals surface area (Å²) in [5.74, 6) is -0.196. The van der Waals surface area contributed by atoms with Crippen molar-refractivity contribution in [2.75, 3.05) is 19.6 Å². The molecule has 1 heterocycles. The Kier molecular flexibility index (Phi) is 5.34. The number of likely N-dealkylation sites (tertiary alicyclic amines) is 1. The van der Waals surface area contributed by atoms with Crippen molar-refractivity contribution >= 4 is 5.91 Å². The number of aryl methyl sites for hydroxylation is 1. The molecule has 0 bridgehead atoms. The molecule has 4 nitrogen and oxygen atoms in total. The molecule has 3 atom stereocenters. The molecule has 3 rings (SSSR count). The lowest BCUT2D eigenvalue weighted by Gasteiger charge is -2.29. The molecule has 1 aromatic carbocycles. The summed E-state index contributed by atoms with van der Waals surface area (Å²) in [5, 5.41) is 13.0. The van der Waals surface area contributed by atoms with Crippen LogP contribution in [0.5, 0.6) is 0 Å². The minimum atomic E-state index is -0.459. The lowest BCUT2D eigenvalue weighted by Crippen LogP contribution is -2.40. The van der Waals surface area contributed by atoms with Gasteiger partial charge in [0, 0.05) is 6.54 Å². The Morgan fingerprint density at radius 2 is 1.91 bits per heavy atom. The van der Waals surface area contributed by atoms with Gasteiger partial charge in [0.1, 0.15) is 0 Å². The molecule has 23 heavy (non-hydrogen) atoms. The molecule has 3 unspecified atom stereocenters. The van der Waals surface area contributed by atoms with Gasteiger partial charge in [-0.05, 0) is 57.7 Å². The standard InChI is InChI=1S/C19H28N2O2/c1-14-7-9-15(10-8-14)17(21-11-2-3-12-21)13-20-19(23)16-5-4-6-18(16)22/h7-10,16-18,22H,2-6,11-13H2,1H3,(H,20,23). The van der Waals surface area contributed by atoms with Crippen LogP contribution in [0.25, 0.3) is 0 Å². The van der Waals surface area contributed by atoms with Gasteiger partial charge in [-0.3, -0.25) is 9.69 Å². The van der Waals surface area contributed by atoms with Crippen LogP contribution in [0.15, 0.2) is 24.3 Å². The number of carbonyl (C=O) groups is 1. The van der Waals surface area contributed by atoms with E-state index in [1.165, 1.54) is 24.0 Å². The summed E-state index contributed by atoms with van der Waals surface area (Å²) in [6, 6.07) is 8.87. The van der Waals surface area contributed by atoms with E-state index in [2.05, 4.69) is 41.4 Å². The summed E-state index contributed by atoms with van der Waals surface area (Å²) >= 11 is 0. The molecule has 126 valence electrons. The highest BCUT2D eigenvalue weighted by atomic mass is 16.3. The maximum absolute atomic E-state index is 12.4. The molecule has 1 aromatic rings. The van der Waals surface area contributed by atoms with Crippen LogP contribution in [0.3, 0.4) is 0 Å². The van der Waals surface area contributed by atoms with Crippen LogP contribution in [-0.2, 0) is 4.79 Å². The van der Waals surface area contributed by atoms with Gasteiger partial charge in [0.25, 0.3) is 0 Å². The Hall–Kier alpha value is -1.39. The number of rotatable bonds is 5. The average molecular weight is 316 g/mol. The normalized spacial score (nSPS) is 26.3. The Morgan fingerprint density at radius 1 is 1.22 bits per heavy atom. The number of hydrogen-bond donors (Lipinski definition) is 2. The van der Waals surface area contributed by atoms with E-state index in [0.29, 0.717) is 6.54 Å². The lowest BCUT2D eigenvalue weighted by atomic mass is 10.0. The first-order valence-corrected chi connectivity index (χ1v) is 8.91. The molecule has 0 radical (unpaired) electrons. The molecule has 0 aromatic heterocycles. The van der Waals surface area contributed by atoms with E-state index < -0.39 is 6.10 Å². The summed E-state index contributed by atoms with van der Waals surface area (Å²) in [6.07, 6.45) is 4.53. The molecule has 1 aliphatic carbocycles. The van der Waals surface area contributed by atoms with E-state index in [9.17, 15) is 9.90 Å². The molecule has 1 saturated carbocycles. The number of aliphatic hydroxyl groups excluding tert-OH is 1. The number of aliphatic hydroxyl groups is 1. The molecule has 4 heteroatoms. The number of hydrogen-bond acceptors (Lipinski definition) is 3. The molecular formula is C19H28N2O2. The van der Waals surface area contributed by atoms with E-state index in [-0.39, 0.29) is 17.9 Å². The number of nitrogens with one attached hydrogen (secondary N) is 1. The molecule has 1 amide bonds. The predicted molar refractivity (Wildman–Crippen MR) is 91.1 cm³/mol. The SMILES string of the molecule is Cc1ccc(C(CNC(=O)C2CCCC2O)N2CCCC2)cc1. The number of amides is 1. The Balaban J connectivity index is 1.66. The highest BCUT2D eigenvalue weighted by molar-refractivity contribution is 5.79. The van der Waals surface area contributed by atoms with Crippen molar-refractivity contribution < 1.29 is 9.90 Å². The van der Waals surface area contributed by atoms with Gasteiger partial charge in [-0.1, -0.05) is 29.8 Å².